The number of carbonyl (C=O) groups is 1. The molecule has 0 radical (unpaired) electrons. The van der Waals surface area contributed by atoms with E-state index < -0.39 is 0 Å². The third-order valence-electron chi connectivity index (χ3n) is 3.15. The first-order valence-electron chi connectivity index (χ1n) is 6.13. The third kappa shape index (κ3) is 3.98. The number of hydrogen-bond donors (Lipinski definition) is 2. The average Bonchev–Trinajstić information content (AvgIpc) is 2.64. The molecule has 1 saturated carbocycles. The Hall–Kier alpha value is -0.220. The first kappa shape index (κ1) is 13.8. The second kappa shape index (κ2) is 6.50. The summed E-state index contributed by atoms with van der Waals surface area (Å²) in [4.78, 5) is 11.9. The van der Waals surface area contributed by atoms with Crippen LogP contribution in [0.1, 0.15) is 39.5 Å². The number of hydrogen-bond acceptors (Lipinski definition) is 3. The average molecular weight is 244 g/mol. The molecule has 0 aliphatic heterocycles. The monoisotopic (exact) mass is 244 g/mol. The largest absolute Gasteiger partial charge is 0.351 e. The number of amides is 1. The van der Waals surface area contributed by atoms with Crippen LogP contribution in [0.25, 0.3) is 0 Å². The van der Waals surface area contributed by atoms with Crippen LogP contribution in [-0.2, 0) is 4.79 Å². The fourth-order valence-corrected chi connectivity index (χ4v) is 3.21. The number of nitrogens with one attached hydrogen (secondary N) is 1. The Balaban J connectivity index is 2.38. The summed E-state index contributed by atoms with van der Waals surface area (Å²) in [5, 5.41) is 3.68. The second-order valence-electron chi connectivity index (χ2n) is 5.06. The Morgan fingerprint density at radius 3 is 2.75 bits per heavy atom. The zero-order chi connectivity index (χ0) is 12.1. The highest BCUT2D eigenvalue weighted by atomic mass is 32.2. The molecule has 3 nitrogen and oxygen atoms in total. The van der Waals surface area contributed by atoms with E-state index in [2.05, 4.69) is 25.4 Å². The van der Waals surface area contributed by atoms with Gasteiger partial charge in [0, 0.05) is 11.3 Å². The first-order chi connectivity index (χ1) is 7.54. The van der Waals surface area contributed by atoms with Gasteiger partial charge in [-0.3, -0.25) is 4.79 Å². The Labute approximate surface area is 103 Å². The Bertz CT molecular complexity index is 233. The maximum atomic E-state index is 11.9. The molecule has 3 atom stereocenters. The lowest BCUT2D eigenvalue weighted by molar-refractivity contribution is -0.123. The predicted octanol–water partition coefficient (Wildman–Crippen LogP) is 1.76. The van der Waals surface area contributed by atoms with Crippen LogP contribution < -0.4 is 11.1 Å². The predicted molar refractivity (Wildman–Crippen MR) is 70.5 cm³/mol. The standard InChI is InChI=1S/C12H24N2OS/c1-8(2)7-9(13)12(15)14-10-5-4-6-11(10)16-3/h8-11H,4-7,13H2,1-3H3,(H,14,15). The van der Waals surface area contributed by atoms with Crippen LogP contribution in [-0.4, -0.2) is 29.5 Å². The zero-order valence-electron chi connectivity index (χ0n) is 10.5. The molecule has 0 aromatic carbocycles. The first-order valence-corrected chi connectivity index (χ1v) is 7.42. The summed E-state index contributed by atoms with van der Waals surface area (Å²) < 4.78 is 0. The molecular weight excluding hydrogens is 220 g/mol. The molecule has 1 rings (SSSR count). The minimum atomic E-state index is -0.344. The van der Waals surface area contributed by atoms with Crippen LogP contribution in [0.3, 0.4) is 0 Å². The van der Waals surface area contributed by atoms with Crippen molar-refractivity contribution in [1.82, 2.24) is 5.32 Å². The van der Waals surface area contributed by atoms with Gasteiger partial charge in [0.2, 0.25) is 5.91 Å². The van der Waals surface area contributed by atoms with Gasteiger partial charge in [0.1, 0.15) is 0 Å². The van der Waals surface area contributed by atoms with Crippen molar-refractivity contribution in [2.24, 2.45) is 11.7 Å². The molecule has 0 spiro atoms. The topological polar surface area (TPSA) is 55.1 Å². The quantitative estimate of drug-likeness (QED) is 0.775. The lowest BCUT2D eigenvalue weighted by Crippen LogP contribution is -2.47. The van der Waals surface area contributed by atoms with Gasteiger partial charge in [0.15, 0.2) is 0 Å². The van der Waals surface area contributed by atoms with Gasteiger partial charge >= 0.3 is 0 Å². The van der Waals surface area contributed by atoms with E-state index in [0.29, 0.717) is 17.2 Å². The molecule has 1 fully saturated rings. The van der Waals surface area contributed by atoms with Crippen LogP contribution >= 0.6 is 11.8 Å². The van der Waals surface area contributed by atoms with Gasteiger partial charge in [0.25, 0.3) is 0 Å². The minimum absolute atomic E-state index is 0.0275. The van der Waals surface area contributed by atoms with Crippen molar-refractivity contribution in [2.45, 2.75) is 56.9 Å². The summed E-state index contributed by atoms with van der Waals surface area (Å²) >= 11 is 1.85. The van der Waals surface area contributed by atoms with Gasteiger partial charge in [-0.25, -0.2) is 0 Å². The van der Waals surface area contributed by atoms with Crippen LogP contribution in [0.5, 0.6) is 0 Å². The van der Waals surface area contributed by atoms with E-state index in [1.54, 1.807) is 0 Å². The molecule has 3 N–H and O–H groups in total. The number of rotatable bonds is 5. The molecule has 0 aromatic heterocycles. The van der Waals surface area contributed by atoms with Crippen molar-refractivity contribution in [2.75, 3.05) is 6.26 Å². The smallest absolute Gasteiger partial charge is 0.237 e. The Morgan fingerprint density at radius 1 is 1.50 bits per heavy atom. The summed E-state index contributed by atoms with van der Waals surface area (Å²) in [5.41, 5.74) is 5.86. The third-order valence-corrected chi connectivity index (χ3v) is 4.31. The summed E-state index contributed by atoms with van der Waals surface area (Å²) in [7, 11) is 0. The minimum Gasteiger partial charge on any atom is -0.351 e. The molecule has 0 aromatic rings. The van der Waals surface area contributed by atoms with E-state index in [1.165, 1.54) is 12.8 Å². The van der Waals surface area contributed by atoms with Crippen LogP contribution in [0.15, 0.2) is 0 Å². The van der Waals surface area contributed by atoms with Gasteiger partial charge in [-0.05, 0) is 31.4 Å². The highest BCUT2D eigenvalue weighted by Crippen LogP contribution is 2.28. The molecule has 94 valence electrons. The van der Waals surface area contributed by atoms with E-state index in [1.807, 2.05) is 11.8 Å². The van der Waals surface area contributed by atoms with E-state index in [-0.39, 0.29) is 11.9 Å². The molecule has 4 heteroatoms. The number of nitrogens with two attached hydrogens (primary N) is 1. The van der Waals surface area contributed by atoms with E-state index in [9.17, 15) is 4.79 Å². The summed E-state index contributed by atoms with van der Waals surface area (Å²) in [6.07, 6.45) is 6.42. The fourth-order valence-electron chi connectivity index (χ4n) is 2.28. The van der Waals surface area contributed by atoms with Crippen molar-refractivity contribution in [1.29, 1.82) is 0 Å². The van der Waals surface area contributed by atoms with Crippen molar-refractivity contribution in [3.8, 4) is 0 Å². The van der Waals surface area contributed by atoms with E-state index >= 15 is 0 Å². The van der Waals surface area contributed by atoms with Gasteiger partial charge in [-0.15, -0.1) is 0 Å². The van der Waals surface area contributed by atoms with Crippen molar-refractivity contribution < 1.29 is 4.79 Å². The van der Waals surface area contributed by atoms with Gasteiger partial charge in [-0.2, -0.15) is 11.8 Å². The van der Waals surface area contributed by atoms with Gasteiger partial charge < -0.3 is 11.1 Å². The molecule has 0 heterocycles. The summed E-state index contributed by atoms with van der Waals surface area (Å²) in [6.45, 7) is 4.18. The van der Waals surface area contributed by atoms with Gasteiger partial charge in [-0.1, -0.05) is 20.3 Å². The fraction of sp³-hybridized carbons (Fsp3) is 0.917. The maximum Gasteiger partial charge on any atom is 0.237 e. The molecule has 0 bridgehead atoms. The molecular formula is C12H24N2OS. The van der Waals surface area contributed by atoms with Crippen LogP contribution in [0.2, 0.25) is 0 Å². The SMILES string of the molecule is CSC1CCCC1NC(=O)C(N)CC(C)C. The van der Waals surface area contributed by atoms with Gasteiger partial charge in [0.05, 0.1) is 6.04 Å². The molecule has 3 unspecified atom stereocenters. The Morgan fingerprint density at radius 2 is 2.19 bits per heavy atom. The lowest BCUT2D eigenvalue weighted by Gasteiger charge is -2.22. The van der Waals surface area contributed by atoms with Crippen molar-refractivity contribution in [3.05, 3.63) is 0 Å². The molecule has 16 heavy (non-hydrogen) atoms. The molecule has 1 amide bonds. The normalized spacial score (nSPS) is 27.1. The number of thioether (sulfide) groups is 1. The Kier molecular flexibility index (Phi) is 5.62. The van der Waals surface area contributed by atoms with Crippen LogP contribution in [0, 0.1) is 5.92 Å². The zero-order valence-corrected chi connectivity index (χ0v) is 11.3. The van der Waals surface area contributed by atoms with Crippen LogP contribution in [0.4, 0.5) is 0 Å². The van der Waals surface area contributed by atoms with E-state index in [0.717, 1.165) is 12.8 Å². The highest BCUT2D eigenvalue weighted by molar-refractivity contribution is 7.99. The molecule has 0 saturated heterocycles. The number of carbonyl (C=O) groups excluding carboxylic acids is 1. The highest BCUT2D eigenvalue weighted by Gasteiger charge is 2.29. The molecule has 1 aliphatic carbocycles. The maximum absolute atomic E-state index is 11.9. The van der Waals surface area contributed by atoms with E-state index in [4.69, 9.17) is 5.73 Å². The molecule has 1 aliphatic rings. The van der Waals surface area contributed by atoms with Crippen molar-refractivity contribution in [3.63, 3.8) is 0 Å². The summed E-state index contributed by atoms with van der Waals surface area (Å²) in [5.74, 6) is 0.500. The summed E-state index contributed by atoms with van der Waals surface area (Å²) in [6, 6.07) is -0.0104. The second-order valence-corrected chi connectivity index (χ2v) is 6.13. The lowest BCUT2D eigenvalue weighted by atomic mass is 10.0. The van der Waals surface area contributed by atoms with Crippen molar-refractivity contribution >= 4 is 17.7 Å².